The molecule has 1 aliphatic heterocycles. The van der Waals surface area contributed by atoms with Crippen molar-refractivity contribution in [3.8, 4) is 11.5 Å². The summed E-state index contributed by atoms with van der Waals surface area (Å²) >= 11 is 2.30. The lowest BCUT2D eigenvalue weighted by Crippen LogP contribution is -2.07. The van der Waals surface area contributed by atoms with Gasteiger partial charge < -0.3 is 18.8 Å². The Balaban J connectivity index is 1.62. The van der Waals surface area contributed by atoms with Gasteiger partial charge in [0.1, 0.15) is 11.3 Å². The largest absolute Gasteiger partial charge is 0.454 e. The Hall–Kier alpha value is -2.01. The van der Waals surface area contributed by atoms with Crippen molar-refractivity contribution in [1.29, 1.82) is 0 Å². The molecule has 160 valence electrons. The zero-order chi connectivity index (χ0) is 21.1. The maximum atomic E-state index is 13.9. The van der Waals surface area contributed by atoms with E-state index in [4.69, 9.17) is 19.2 Å². The lowest BCUT2D eigenvalue weighted by atomic mass is 10.1. The van der Waals surface area contributed by atoms with Crippen LogP contribution in [0.3, 0.4) is 0 Å². The smallest absolute Gasteiger partial charge is 0.310 e. The Morgan fingerprint density at radius 2 is 1.87 bits per heavy atom. The van der Waals surface area contributed by atoms with E-state index in [2.05, 4.69) is 32.6 Å². The van der Waals surface area contributed by atoms with Crippen molar-refractivity contribution in [3.05, 3.63) is 38.9 Å². The standard InChI is InChI=1S/C21H24FIN4O3/c1-13-19-20(26-21(22)24-13)27(7-5-3-4-6-8-28-2)18(25-19)10-14-9-16-17(11-15(14)23)30-12-29-16/h9,11H,3-8,10,12H2,1-2H3. The molecule has 9 heteroatoms. The third kappa shape index (κ3) is 4.51. The highest BCUT2D eigenvalue weighted by Crippen LogP contribution is 2.36. The number of nitrogens with zero attached hydrogens (tertiary/aromatic N) is 4. The van der Waals surface area contributed by atoms with Gasteiger partial charge in [0.15, 0.2) is 17.1 Å². The molecular formula is C21H24FIN4O3. The molecule has 4 rings (SSSR count). The van der Waals surface area contributed by atoms with Crippen LogP contribution in [-0.2, 0) is 17.7 Å². The average molecular weight is 526 g/mol. The predicted octanol–water partition coefficient (Wildman–Crippen LogP) is 4.40. The van der Waals surface area contributed by atoms with E-state index in [-0.39, 0.29) is 6.79 Å². The van der Waals surface area contributed by atoms with E-state index in [0.717, 1.165) is 65.3 Å². The second-order valence-electron chi connectivity index (χ2n) is 7.31. The number of rotatable bonds is 9. The van der Waals surface area contributed by atoms with Crippen molar-refractivity contribution in [1.82, 2.24) is 19.5 Å². The van der Waals surface area contributed by atoms with Crippen molar-refractivity contribution in [2.24, 2.45) is 0 Å². The van der Waals surface area contributed by atoms with Crippen LogP contribution in [0.4, 0.5) is 4.39 Å². The van der Waals surface area contributed by atoms with Gasteiger partial charge in [0.05, 0.1) is 5.69 Å². The molecule has 0 amide bonds. The van der Waals surface area contributed by atoms with Crippen molar-refractivity contribution >= 4 is 33.8 Å². The number of aromatic nitrogens is 4. The monoisotopic (exact) mass is 526 g/mol. The molecule has 3 heterocycles. The third-order valence-electron chi connectivity index (χ3n) is 5.19. The molecule has 1 aromatic carbocycles. The minimum Gasteiger partial charge on any atom is -0.454 e. The Labute approximate surface area is 188 Å². The van der Waals surface area contributed by atoms with E-state index in [9.17, 15) is 4.39 Å². The molecule has 0 saturated heterocycles. The van der Waals surface area contributed by atoms with Gasteiger partial charge in [-0.3, -0.25) is 0 Å². The lowest BCUT2D eigenvalue weighted by molar-refractivity contribution is 0.174. The number of ether oxygens (including phenoxy) is 3. The lowest BCUT2D eigenvalue weighted by Gasteiger charge is -2.10. The second kappa shape index (κ2) is 9.42. The Morgan fingerprint density at radius 3 is 2.67 bits per heavy atom. The number of hydrogen-bond donors (Lipinski definition) is 0. The summed E-state index contributed by atoms with van der Waals surface area (Å²) in [6.45, 7) is 3.52. The highest BCUT2D eigenvalue weighted by Gasteiger charge is 2.20. The molecule has 2 aromatic heterocycles. The quantitative estimate of drug-likeness (QED) is 0.234. The average Bonchev–Trinajstić information content (AvgIpc) is 3.29. The molecule has 3 aromatic rings. The van der Waals surface area contributed by atoms with E-state index in [1.54, 1.807) is 14.0 Å². The van der Waals surface area contributed by atoms with Crippen molar-refractivity contribution in [3.63, 3.8) is 0 Å². The summed E-state index contributed by atoms with van der Waals surface area (Å²) in [5, 5.41) is 0. The van der Waals surface area contributed by atoms with Crippen molar-refractivity contribution in [2.45, 2.75) is 45.6 Å². The predicted molar refractivity (Wildman–Crippen MR) is 118 cm³/mol. The highest BCUT2D eigenvalue weighted by atomic mass is 127. The van der Waals surface area contributed by atoms with E-state index >= 15 is 0 Å². The summed E-state index contributed by atoms with van der Waals surface area (Å²) in [6.07, 6.45) is 4.04. The molecule has 0 fully saturated rings. The van der Waals surface area contributed by atoms with Gasteiger partial charge in [-0.25, -0.2) is 9.97 Å². The SMILES string of the molecule is COCCCCCCn1c(Cc2cc3c(cc2I)OCO3)nc2c(C)nc(F)nc21. The second-order valence-corrected chi connectivity index (χ2v) is 8.47. The van der Waals surface area contributed by atoms with Gasteiger partial charge in [-0.05, 0) is 60.1 Å². The summed E-state index contributed by atoms with van der Waals surface area (Å²) in [4.78, 5) is 12.7. The minimum atomic E-state index is -0.717. The van der Waals surface area contributed by atoms with E-state index in [1.165, 1.54) is 0 Å². The number of fused-ring (bicyclic) bond motifs is 2. The van der Waals surface area contributed by atoms with Crippen molar-refractivity contribution in [2.75, 3.05) is 20.5 Å². The molecule has 1 aliphatic rings. The number of aryl methyl sites for hydroxylation is 2. The highest BCUT2D eigenvalue weighted by molar-refractivity contribution is 14.1. The maximum absolute atomic E-state index is 13.9. The number of halogens is 2. The molecular weight excluding hydrogens is 502 g/mol. The first-order valence-corrected chi connectivity index (χ1v) is 11.1. The van der Waals surface area contributed by atoms with Crippen molar-refractivity contribution < 1.29 is 18.6 Å². The zero-order valence-corrected chi connectivity index (χ0v) is 19.2. The molecule has 0 atom stereocenters. The molecule has 0 radical (unpaired) electrons. The van der Waals surface area contributed by atoms with Crippen LogP contribution in [-0.4, -0.2) is 40.0 Å². The van der Waals surface area contributed by atoms with Gasteiger partial charge in [-0.1, -0.05) is 12.8 Å². The van der Waals surface area contributed by atoms with Crippen LogP contribution in [0, 0.1) is 16.6 Å². The van der Waals surface area contributed by atoms with Crippen LogP contribution in [0.5, 0.6) is 11.5 Å². The molecule has 30 heavy (non-hydrogen) atoms. The van der Waals surface area contributed by atoms with Crippen LogP contribution in [0.2, 0.25) is 0 Å². The molecule has 0 N–H and O–H groups in total. The Kier molecular flexibility index (Phi) is 6.67. The molecule has 0 spiro atoms. The van der Waals surface area contributed by atoms with E-state index < -0.39 is 6.08 Å². The summed E-state index contributed by atoms with van der Waals surface area (Å²) in [5.74, 6) is 2.35. The fourth-order valence-corrected chi connectivity index (χ4v) is 4.28. The van der Waals surface area contributed by atoms with E-state index in [0.29, 0.717) is 23.3 Å². The summed E-state index contributed by atoms with van der Waals surface area (Å²) in [5.41, 5.74) is 2.85. The maximum Gasteiger partial charge on any atom is 0.310 e. The first kappa shape index (κ1) is 21.2. The minimum absolute atomic E-state index is 0.241. The molecule has 0 aliphatic carbocycles. The number of hydrogen-bond acceptors (Lipinski definition) is 6. The Morgan fingerprint density at radius 1 is 1.10 bits per heavy atom. The summed E-state index contributed by atoms with van der Waals surface area (Å²) < 4.78 is 33.2. The summed E-state index contributed by atoms with van der Waals surface area (Å²) in [6, 6.07) is 3.98. The van der Waals surface area contributed by atoms with Crippen LogP contribution in [0.15, 0.2) is 12.1 Å². The van der Waals surface area contributed by atoms with Crippen LogP contribution >= 0.6 is 22.6 Å². The number of imidazole rings is 1. The van der Waals surface area contributed by atoms with Gasteiger partial charge in [-0.15, -0.1) is 0 Å². The first-order valence-electron chi connectivity index (χ1n) is 10.0. The summed E-state index contributed by atoms with van der Waals surface area (Å²) in [7, 11) is 1.72. The number of methoxy groups -OCH3 is 1. The van der Waals surface area contributed by atoms with Crippen LogP contribution < -0.4 is 9.47 Å². The Bertz CT molecular complexity index is 1060. The van der Waals surface area contributed by atoms with Crippen LogP contribution in [0.25, 0.3) is 11.2 Å². The van der Waals surface area contributed by atoms with Gasteiger partial charge in [0.2, 0.25) is 6.79 Å². The van der Waals surface area contributed by atoms with Gasteiger partial charge >= 0.3 is 6.08 Å². The number of benzene rings is 1. The van der Waals surface area contributed by atoms with E-state index in [1.807, 2.05) is 16.7 Å². The topological polar surface area (TPSA) is 71.3 Å². The molecule has 7 nitrogen and oxygen atoms in total. The van der Waals surface area contributed by atoms with Crippen LogP contribution in [0.1, 0.15) is 42.8 Å². The van der Waals surface area contributed by atoms with Gasteiger partial charge in [0.25, 0.3) is 0 Å². The van der Waals surface area contributed by atoms with Gasteiger partial charge in [0, 0.05) is 30.3 Å². The molecule has 0 bridgehead atoms. The normalized spacial score (nSPS) is 12.8. The first-order chi connectivity index (χ1) is 14.6. The molecule has 0 unspecified atom stereocenters. The third-order valence-corrected chi connectivity index (χ3v) is 6.20. The zero-order valence-electron chi connectivity index (χ0n) is 17.1. The van der Waals surface area contributed by atoms with Gasteiger partial charge in [-0.2, -0.15) is 9.37 Å². The number of unbranched alkanes of at least 4 members (excludes halogenated alkanes) is 3. The fourth-order valence-electron chi connectivity index (χ4n) is 3.65. The fraction of sp³-hybridized carbons (Fsp3) is 0.476. The molecule has 0 saturated carbocycles.